The maximum atomic E-state index is 12.4. The molecule has 0 unspecified atom stereocenters. The van der Waals surface area contributed by atoms with Crippen LogP contribution < -0.4 is 4.74 Å². The fraction of sp³-hybridized carbons (Fsp3) is 0.400. The summed E-state index contributed by atoms with van der Waals surface area (Å²) in [6, 6.07) is 12.9. The second-order valence-corrected chi connectivity index (χ2v) is 7.57. The van der Waals surface area contributed by atoms with Crippen molar-refractivity contribution in [2.75, 3.05) is 0 Å². The number of hydrogen-bond acceptors (Lipinski definition) is 5. The van der Waals surface area contributed by atoms with E-state index in [1.165, 1.54) is 18.2 Å². The van der Waals surface area contributed by atoms with Crippen molar-refractivity contribution < 1.29 is 29.3 Å². The van der Waals surface area contributed by atoms with Crippen LogP contribution in [0.3, 0.4) is 0 Å². The molecule has 0 radical (unpaired) electrons. The zero-order valence-corrected chi connectivity index (χ0v) is 17.7. The number of phenolic OH excluding ortho intramolecular Hbond substituents is 1. The van der Waals surface area contributed by atoms with Crippen molar-refractivity contribution in [2.24, 2.45) is 0 Å². The van der Waals surface area contributed by atoms with Crippen molar-refractivity contribution in [3.05, 3.63) is 59.7 Å². The van der Waals surface area contributed by atoms with Gasteiger partial charge in [0, 0.05) is 24.5 Å². The van der Waals surface area contributed by atoms with Gasteiger partial charge in [-0.15, -0.1) is 0 Å². The molecule has 0 saturated carbocycles. The van der Waals surface area contributed by atoms with Crippen molar-refractivity contribution in [1.82, 2.24) is 0 Å². The number of aromatic hydroxyl groups is 1. The Hall–Kier alpha value is -3.15. The molecule has 0 aromatic heterocycles. The largest absolute Gasteiger partial charge is 0.507 e. The molecule has 6 heteroatoms. The molecule has 2 rings (SSSR count). The summed E-state index contributed by atoms with van der Waals surface area (Å²) < 4.78 is 5.27. The maximum absolute atomic E-state index is 12.4. The molecule has 0 atom stereocenters. The average molecular weight is 427 g/mol. The van der Waals surface area contributed by atoms with E-state index in [2.05, 4.69) is 0 Å². The minimum atomic E-state index is -0.737. The highest BCUT2D eigenvalue weighted by Gasteiger charge is 2.15. The molecular weight excluding hydrogens is 396 g/mol. The molecule has 2 N–H and O–H groups in total. The highest BCUT2D eigenvalue weighted by Crippen LogP contribution is 2.26. The Morgan fingerprint density at radius 3 is 1.90 bits per heavy atom. The first-order valence-electron chi connectivity index (χ1n) is 10.8. The first-order valence-corrected chi connectivity index (χ1v) is 10.8. The Bertz CT molecular complexity index is 860. The van der Waals surface area contributed by atoms with Gasteiger partial charge in [0.1, 0.15) is 11.5 Å². The molecule has 0 spiro atoms. The summed E-state index contributed by atoms with van der Waals surface area (Å²) in [4.78, 5) is 34.9. The molecule has 2 aromatic rings. The van der Waals surface area contributed by atoms with Crippen molar-refractivity contribution in [2.45, 2.75) is 64.2 Å². The van der Waals surface area contributed by atoms with Gasteiger partial charge in [-0.1, -0.05) is 68.9 Å². The minimum Gasteiger partial charge on any atom is -0.507 e. The number of unbranched alkanes of at least 4 members (excludes halogenated alkanes) is 7. The number of rotatable bonds is 14. The summed E-state index contributed by atoms with van der Waals surface area (Å²) in [5.41, 5.74) is 0.636. The Morgan fingerprint density at radius 1 is 0.742 bits per heavy atom. The Labute approximate surface area is 182 Å². The lowest BCUT2D eigenvalue weighted by Crippen LogP contribution is -2.08. The van der Waals surface area contributed by atoms with Crippen LogP contribution in [0.25, 0.3) is 0 Å². The molecule has 6 nitrogen and oxygen atoms in total. The topological polar surface area (TPSA) is 101 Å². The van der Waals surface area contributed by atoms with E-state index in [9.17, 15) is 19.5 Å². The van der Waals surface area contributed by atoms with E-state index in [1.807, 2.05) is 6.07 Å². The molecule has 0 saturated heterocycles. The van der Waals surface area contributed by atoms with Crippen LogP contribution >= 0.6 is 0 Å². The van der Waals surface area contributed by atoms with Gasteiger partial charge in [0.05, 0.1) is 5.56 Å². The van der Waals surface area contributed by atoms with Crippen LogP contribution in [0.2, 0.25) is 0 Å². The number of carbonyl (C=O) groups is 3. The molecule has 0 heterocycles. The number of esters is 1. The number of ether oxygens (including phenoxy) is 1. The van der Waals surface area contributed by atoms with Crippen LogP contribution in [0.15, 0.2) is 48.5 Å². The average Bonchev–Trinajstić information content (AvgIpc) is 2.75. The summed E-state index contributed by atoms with van der Waals surface area (Å²) in [5.74, 6) is -1.40. The number of carboxylic acids is 1. The number of carbonyl (C=O) groups excluding carboxylic acids is 2. The number of benzene rings is 2. The van der Waals surface area contributed by atoms with Gasteiger partial charge in [-0.3, -0.25) is 14.4 Å². The fourth-order valence-corrected chi connectivity index (χ4v) is 3.30. The minimum absolute atomic E-state index is 0.161. The van der Waals surface area contributed by atoms with Crippen molar-refractivity contribution in [3.63, 3.8) is 0 Å². The Balaban J connectivity index is 1.64. The van der Waals surface area contributed by atoms with Crippen LogP contribution in [0.5, 0.6) is 11.5 Å². The van der Waals surface area contributed by atoms with E-state index in [-0.39, 0.29) is 35.2 Å². The quantitative estimate of drug-likeness (QED) is 0.179. The molecule has 31 heavy (non-hydrogen) atoms. The summed E-state index contributed by atoms with van der Waals surface area (Å²) in [6.45, 7) is 0. The van der Waals surface area contributed by atoms with Gasteiger partial charge in [-0.05, 0) is 25.0 Å². The molecule has 166 valence electrons. The fourth-order valence-electron chi connectivity index (χ4n) is 3.30. The first-order chi connectivity index (χ1) is 15.0. The summed E-state index contributed by atoms with van der Waals surface area (Å²) >= 11 is 0. The van der Waals surface area contributed by atoms with Gasteiger partial charge in [0.25, 0.3) is 0 Å². The highest BCUT2D eigenvalue weighted by molar-refractivity contribution is 6.10. The molecule has 0 aliphatic carbocycles. The van der Waals surface area contributed by atoms with Crippen LogP contribution in [0.4, 0.5) is 0 Å². The maximum Gasteiger partial charge on any atom is 0.311 e. The molecule has 2 aromatic carbocycles. The number of hydrogen-bond donors (Lipinski definition) is 2. The van der Waals surface area contributed by atoms with Crippen LogP contribution in [-0.2, 0) is 9.59 Å². The summed E-state index contributed by atoms with van der Waals surface area (Å²) in [7, 11) is 0. The van der Waals surface area contributed by atoms with Crippen molar-refractivity contribution in [1.29, 1.82) is 0 Å². The summed E-state index contributed by atoms with van der Waals surface area (Å²) in [6.07, 6.45) is 8.11. The lowest BCUT2D eigenvalue weighted by molar-refractivity contribution is -0.137. The molecule has 0 bridgehead atoms. The number of phenols is 1. The van der Waals surface area contributed by atoms with Gasteiger partial charge in [-0.25, -0.2) is 0 Å². The Kier molecular flexibility index (Phi) is 10.3. The van der Waals surface area contributed by atoms with E-state index >= 15 is 0 Å². The van der Waals surface area contributed by atoms with E-state index in [0.29, 0.717) is 12.0 Å². The monoisotopic (exact) mass is 426 g/mol. The van der Waals surface area contributed by atoms with Gasteiger partial charge < -0.3 is 14.9 Å². The normalized spacial score (nSPS) is 10.6. The van der Waals surface area contributed by atoms with Gasteiger partial charge in [-0.2, -0.15) is 0 Å². The summed E-state index contributed by atoms with van der Waals surface area (Å²) in [5, 5.41) is 18.8. The zero-order chi connectivity index (χ0) is 22.5. The lowest BCUT2D eigenvalue weighted by Gasteiger charge is -2.08. The van der Waals surface area contributed by atoms with E-state index < -0.39 is 5.97 Å². The van der Waals surface area contributed by atoms with E-state index in [4.69, 9.17) is 9.84 Å². The third-order valence-electron chi connectivity index (χ3n) is 5.00. The molecule has 0 aliphatic heterocycles. The Morgan fingerprint density at radius 2 is 1.32 bits per heavy atom. The third-order valence-corrected chi connectivity index (χ3v) is 5.00. The van der Waals surface area contributed by atoms with Gasteiger partial charge in [0.15, 0.2) is 5.78 Å². The number of carboxylic acid groups (broad SMARTS) is 1. The standard InChI is InChI=1S/C25H30O6/c26-22-18-20(16-17-21(22)25(30)19-12-8-7-9-13-19)31-24(29)15-11-6-4-2-1-3-5-10-14-23(27)28/h7-9,12-13,16-18,26H,1-6,10-11,14-15H2,(H,27,28). The lowest BCUT2D eigenvalue weighted by atomic mass is 10.0. The molecule has 0 aliphatic rings. The number of ketones is 1. The smallest absolute Gasteiger partial charge is 0.311 e. The van der Waals surface area contributed by atoms with Crippen LogP contribution in [0, 0.1) is 0 Å². The predicted octanol–water partition coefficient (Wildman–Crippen LogP) is 5.51. The van der Waals surface area contributed by atoms with Crippen molar-refractivity contribution >= 4 is 17.7 Å². The van der Waals surface area contributed by atoms with Crippen LogP contribution in [-0.4, -0.2) is 27.9 Å². The van der Waals surface area contributed by atoms with Gasteiger partial charge >= 0.3 is 11.9 Å². The highest BCUT2D eigenvalue weighted by atomic mass is 16.5. The molecule has 0 fully saturated rings. The zero-order valence-electron chi connectivity index (χ0n) is 17.7. The van der Waals surface area contributed by atoms with E-state index in [0.717, 1.165) is 51.4 Å². The van der Waals surface area contributed by atoms with Crippen LogP contribution in [0.1, 0.15) is 80.1 Å². The SMILES string of the molecule is O=C(O)CCCCCCCCCCC(=O)Oc1ccc(C(=O)c2ccccc2)c(O)c1. The molecule has 0 amide bonds. The predicted molar refractivity (Wildman–Crippen MR) is 117 cm³/mol. The second-order valence-electron chi connectivity index (χ2n) is 7.57. The third kappa shape index (κ3) is 9.03. The van der Waals surface area contributed by atoms with Crippen molar-refractivity contribution in [3.8, 4) is 11.5 Å². The second kappa shape index (κ2) is 13.2. The van der Waals surface area contributed by atoms with Gasteiger partial charge in [0.2, 0.25) is 0 Å². The van der Waals surface area contributed by atoms with E-state index in [1.54, 1.807) is 24.3 Å². The number of aliphatic carboxylic acids is 1. The molecular formula is C25H30O6. The first kappa shape index (κ1) is 24.1.